The highest BCUT2D eigenvalue weighted by atomic mass is 19.4. The van der Waals surface area contributed by atoms with Gasteiger partial charge in [0.1, 0.15) is 5.82 Å². The van der Waals surface area contributed by atoms with Crippen LogP contribution >= 0.6 is 0 Å². The van der Waals surface area contributed by atoms with Gasteiger partial charge in [0.2, 0.25) is 0 Å². The van der Waals surface area contributed by atoms with Gasteiger partial charge in [-0.15, -0.1) is 0 Å². The smallest absolute Gasteiger partial charge is 0.378 e. The van der Waals surface area contributed by atoms with Gasteiger partial charge >= 0.3 is 6.18 Å². The number of alkyl halides is 3. The second kappa shape index (κ2) is 7.94. The first-order valence-electron chi connectivity index (χ1n) is 7.81. The lowest BCUT2D eigenvalue weighted by molar-refractivity contribution is -0.140. The molecular weight excluding hydrogens is 328 g/mol. The van der Waals surface area contributed by atoms with Crippen molar-refractivity contribution in [3.63, 3.8) is 0 Å². The molecule has 1 aliphatic heterocycles. The summed E-state index contributed by atoms with van der Waals surface area (Å²) in [6.45, 7) is 1.72. The molecule has 0 aromatic heterocycles. The van der Waals surface area contributed by atoms with Gasteiger partial charge < -0.3 is 15.4 Å². The molecule has 134 valence electrons. The van der Waals surface area contributed by atoms with Crippen molar-refractivity contribution in [1.29, 1.82) is 0 Å². The standard InChI is InChI=1S/C16H20F4N2O2/c17-14-12(3-1-4-13(14)16(18,19)20)15(23)22-8-5-11(6-9-22)24-10-2-7-21/h1,3-4,11H,2,5-10,21H2. The highest BCUT2D eigenvalue weighted by molar-refractivity contribution is 5.94. The van der Waals surface area contributed by atoms with Gasteiger partial charge in [-0.25, -0.2) is 4.39 Å². The molecular formula is C16H20F4N2O2. The Balaban J connectivity index is 2.01. The van der Waals surface area contributed by atoms with Crippen LogP contribution in [-0.2, 0) is 10.9 Å². The normalized spacial score (nSPS) is 16.5. The molecule has 0 bridgehead atoms. The van der Waals surface area contributed by atoms with E-state index in [4.69, 9.17) is 10.5 Å². The number of nitrogens with two attached hydrogens (primary N) is 1. The number of carbonyl (C=O) groups excluding carboxylic acids is 1. The predicted octanol–water partition coefficient (Wildman–Crippen LogP) is 2.81. The molecule has 0 spiro atoms. The summed E-state index contributed by atoms with van der Waals surface area (Å²) < 4.78 is 57.9. The van der Waals surface area contributed by atoms with E-state index in [2.05, 4.69) is 0 Å². The fraction of sp³-hybridized carbons (Fsp3) is 0.562. The minimum Gasteiger partial charge on any atom is -0.378 e. The minimum absolute atomic E-state index is 0.00745. The molecule has 1 heterocycles. The van der Waals surface area contributed by atoms with Crippen molar-refractivity contribution in [3.05, 3.63) is 35.1 Å². The Morgan fingerprint density at radius 1 is 1.29 bits per heavy atom. The van der Waals surface area contributed by atoms with E-state index in [0.29, 0.717) is 45.1 Å². The van der Waals surface area contributed by atoms with Crippen molar-refractivity contribution < 1.29 is 27.1 Å². The van der Waals surface area contributed by atoms with E-state index < -0.39 is 29.0 Å². The molecule has 2 rings (SSSR count). The van der Waals surface area contributed by atoms with Crippen molar-refractivity contribution in [1.82, 2.24) is 4.90 Å². The number of ether oxygens (including phenoxy) is 1. The van der Waals surface area contributed by atoms with Gasteiger partial charge in [0.15, 0.2) is 0 Å². The topological polar surface area (TPSA) is 55.6 Å². The Labute approximate surface area is 137 Å². The molecule has 24 heavy (non-hydrogen) atoms. The molecule has 1 fully saturated rings. The SMILES string of the molecule is NCCCOC1CCN(C(=O)c2cccc(C(F)(F)F)c2F)CC1. The number of benzene rings is 1. The number of amides is 1. The lowest BCUT2D eigenvalue weighted by Gasteiger charge is -2.32. The van der Waals surface area contributed by atoms with Crippen molar-refractivity contribution >= 4 is 5.91 Å². The maximum atomic E-state index is 14.1. The van der Waals surface area contributed by atoms with Crippen molar-refractivity contribution in [2.24, 2.45) is 5.73 Å². The van der Waals surface area contributed by atoms with Crippen LogP contribution in [0.1, 0.15) is 35.2 Å². The molecule has 1 saturated heterocycles. The van der Waals surface area contributed by atoms with E-state index >= 15 is 0 Å². The van der Waals surface area contributed by atoms with E-state index in [1.165, 1.54) is 4.90 Å². The fourth-order valence-corrected chi connectivity index (χ4v) is 2.65. The third-order valence-corrected chi connectivity index (χ3v) is 3.97. The Morgan fingerprint density at radius 3 is 2.54 bits per heavy atom. The number of halogens is 4. The summed E-state index contributed by atoms with van der Waals surface area (Å²) in [6.07, 6.45) is -2.96. The van der Waals surface area contributed by atoms with E-state index in [1.54, 1.807) is 0 Å². The van der Waals surface area contributed by atoms with Gasteiger partial charge in [0.05, 0.1) is 17.2 Å². The zero-order valence-corrected chi connectivity index (χ0v) is 13.1. The number of rotatable bonds is 5. The van der Waals surface area contributed by atoms with Crippen LogP contribution in [0.25, 0.3) is 0 Å². The summed E-state index contributed by atoms with van der Waals surface area (Å²) in [7, 11) is 0. The number of hydrogen-bond acceptors (Lipinski definition) is 3. The average molecular weight is 348 g/mol. The third-order valence-electron chi connectivity index (χ3n) is 3.97. The van der Waals surface area contributed by atoms with Crippen LogP contribution < -0.4 is 5.73 Å². The zero-order chi connectivity index (χ0) is 17.7. The first-order valence-corrected chi connectivity index (χ1v) is 7.81. The zero-order valence-electron chi connectivity index (χ0n) is 13.1. The summed E-state index contributed by atoms with van der Waals surface area (Å²) in [4.78, 5) is 13.7. The molecule has 1 amide bonds. The van der Waals surface area contributed by atoms with Crippen molar-refractivity contribution in [3.8, 4) is 0 Å². The van der Waals surface area contributed by atoms with Gasteiger partial charge in [-0.05, 0) is 37.9 Å². The average Bonchev–Trinajstić information content (AvgIpc) is 2.54. The van der Waals surface area contributed by atoms with Crippen LogP contribution in [0.3, 0.4) is 0 Å². The van der Waals surface area contributed by atoms with E-state index in [0.717, 1.165) is 18.6 Å². The van der Waals surface area contributed by atoms with Crippen LogP contribution in [0.5, 0.6) is 0 Å². The summed E-state index contributed by atoms with van der Waals surface area (Å²) in [6, 6.07) is 2.75. The van der Waals surface area contributed by atoms with E-state index in [-0.39, 0.29) is 6.10 Å². The maximum Gasteiger partial charge on any atom is 0.419 e. The molecule has 0 atom stereocenters. The minimum atomic E-state index is -4.83. The fourth-order valence-electron chi connectivity index (χ4n) is 2.65. The Hall–Kier alpha value is -1.67. The monoisotopic (exact) mass is 348 g/mol. The van der Waals surface area contributed by atoms with Gasteiger partial charge in [0.25, 0.3) is 5.91 Å². The first kappa shape index (κ1) is 18.7. The molecule has 8 heteroatoms. The summed E-state index contributed by atoms with van der Waals surface area (Å²) in [5.74, 6) is -2.24. The van der Waals surface area contributed by atoms with Gasteiger partial charge in [-0.1, -0.05) is 6.07 Å². The summed E-state index contributed by atoms with van der Waals surface area (Å²) >= 11 is 0. The number of carbonyl (C=O) groups is 1. The van der Waals surface area contributed by atoms with Crippen LogP contribution in [-0.4, -0.2) is 43.2 Å². The molecule has 0 unspecified atom stereocenters. The Morgan fingerprint density at radius 2 is 1.96 bits per heavy atom. The van der Waals surface area contributed by atoms with Crippen molar-refractivity contribution in [2.75, 3.05) is 26.2 Å². The van der Waals surface area contributed by atoms with Gasteiger partial charge in [0, 0.05) is 19.7 Å². The molecule has 2 N–H and O–H groups in total. The third kappa shape index (κ3) is 4.45. The number of likely N-dealkylation sites (tertiary alicyclic amines) is 1. The molecule has 4 nitrogen and oxygen atoms in total. The lowest BCUT2D eigenvalue weighted by Crippen LogP contribution is -2.41. The highest BCUT2D eigenvalue weighted by Crippen LogP contribution is 2.32. The second-order valence-corrected chi connectivity index (χ2v) is 5.67. The molecule has 0 aliphatic carbocycles. The van der Waals surface area contributed by atoms with Gasteiger partial charge in [-0.3, -0.25) is 4.79 Å². The quantitative estimate of drug-likeness (QED) is 0.658. The first-order chi connectivity index (χ1) is 11.3. The van der Waals surface area contributed by atoms with Crippen LogP contribution in [0.2, 0.25) is 0 Å². The summed E-state index contributed by atoms with van der Waals surface area (Å²) in [5.41, 5.74) is 3.41. The lowest BCUT2D eigenvalue weighted by atomic mass is 10.0. The summed E-state index contributed by atoms with van der Waals surface area (Å²) in [5, 5.41) is 0. The number of hydrogen-bond donors (Lipinski definition) is 1. The molecule has 1 aliphatic rings. The molecule has 0 saturated carbocycles. The van der Waals surface area contributed by atoms with Gasteiger partial charge in [-0.2, -0.15) is 13.2 Å². The van der Waals surface area contributed by atoms with Crippen LogP contribution in [0, 0.1) is 5.82 Å². The molecule has 1 aromatic carbocycles. The molecule has 1 aromatic rings. The van der Waals surface area contributed by atoms with E-state index in [1.807, 2.05) is 0 Å². The van der Waals surface area contributed by atoms with E-state index in [9.17, 15) is 22.4 Å². The number of piperidine rings is 1. The highest BCUT2D eigenvalue weighted by Gasteiger charge is 2.36. The molecule has 0 radical (unpaired) electrons. The Bertz CT molecular complexity index is 570. The second-order valence-electron chi connectivity index (χ2n) is 5.67. The van der Waals surface area contributed by atoms with Crippen LogP contribution in [0.4, 0.5) is 17.6 Å². The predicted molar refractivity (Wildman–Crippen MR) is 80.0 cm³/mol. The van der Waals surface area contributed by atoms with Crippen molar-refractivity contribution in [2.45, 2.75) is 31.5 Å². The maximum absolute atomic E-state index is 14.1. The largest absolute Gasteiger partial charge is 0.419 e. The number of nitrogens with zero attached hydrogens (tertiary/aromatic N) is 1. The van der Waals surface area contributed by atoms with Crippen LogP contribution in [0.15, 0.2) is 18.2 Å². The Kier molecular flexibility index (Phi) is 6.17.